The van der Waals surface area contributed by atoms with Gasteiger partial charge >= 0.3 is 5.97 Å². The van der Waals surface area contributed by atoms with E-state index in [2.05, 4.69) is 9.97 Å². The summed E-state index contributed by atoms with van der Waals surface area (Å²) in [5, 5.41) is 9.21. The fraction of sp³-hybridized carbons (Fsp3) is 0.333. The molecular weight excluding hydrogens is 298 g/mol. The van der Waals surface area contributed by atoms with Crippen LogP contribution in [0.3, 0.4) is 0 Å². The maximum absolute atomic E-state index is 12.6. The summed E-state index contributed by atoms with van der Waals surface area (Å²) in [6.45, 7) is 1.55. The number of aromatic nitrogens is 2. The van der Waals surface area contributed by atoms with Crippen LogP contribution >= 0.6 is 11.8 Å². The second kappa shape index (κ2) is 4.92. The molecule has 21 heavy (non-hydrogen) atoms. The molecule has 9 heteroatoms. The predicted octanol–water partition coefficient (Wildman–Crippen LogP) is 0.424. The third kappa shape index (κ3) is 2.09. The molecule has 8 nitrogen and oxygen atoms in total. The van der Waals surface area contributed by atoms with Gasteiger partial charge in [0.1, 0.15) is 17.2 Å². The van der Waals surface area contributed by atoms with Crippen molar-refractivity contribution in [3.63, 3.8) is 0 Å². The maximum Gasteiger partial charge on any atom is 0.327 e. The van der Waals surface area contributed by atoms with Crippen LogP contribution in [-0.2, 0) is 4.79 Å². The Morgan fingerprint density at radius 1 is 1.57 bits per heavy atom. The lowest BCUT2D eigenvalue weighted by Gasteiger charge is -2.20. The summed E-state index contributed by atoms with van der Waals surface area (Å²) in [6, 6.07) is -0.900. The first-order chi connectivity index (χ1) is 10.0. The number of carbonyl (C=O) groups excluding carboxylic acids is 1. The van der Waals surface area contributed by atoms with Gasteiger partial charge in [-0.1, -0.05) is 0 Å². The van der Waals surface area contributed by atoms with Crippen LogP contribution in [0.15, 0.2) is 15.5 Å². The molecule has 2 N–H and O–H groups in total. The first-order valence-corrected chi connectivity index (χ1v) is 7.24. The zero-order chi connectivity index (χ0) is 15.1. The van der Waals surface area contributed by atoms with E-state index in [4.69, 9.17) is 9.52 Å². The van der Waals surface area contributed by atoms with Gasteiger partial charge in [-0.15, -0.1) is 11.8 Å². The van der Waals surface area contributed by atoms with Crippen molar-refractivity contribution < 1.29 is 19.1 Å². The predicted molar refractivity (Wildman–Crippen MR) is 74.3 cm³/mol. The standard InChI is InChI=1S/C12H11N3O5S/c1-5-7(8-9(16)13-3-14-10(8)20-5)11(17)15-4-21-2-6(15)12(18)19/h3,6H,2,4H2,1H3,(H,18,19)(H,13,14,16)/t6-/m0/s1. The fourth-order valence-electron chi connectivity index (χ4n) is 2.30. The Morgan fingerprint density at radius 3 is 3.05 bits per heavy atom. The minimum Gasteiger partial charge on any atom is -0.480 e. The van der Waals surface area contributed by atoms with Gasteiger partial charge < -0.3 is 19.4 Å². The molecule has 0 saturated carbocycles. The number of rotatable bonds is 2. The minimum absolute atomic E-state index is 0.0565. The Kier molecular flexibility index (Phi) is 3.20. The Bertz CT molecular complexity index is 796. The average molecular weight is 309 g/mol. The molecule has 1 aliphatic rings. The molecule has 0 aliphatic carbocycles. The highest BCUT2D eigenvalue weighted by atomic mass is 32.2. The van der Waals surface area contributed by atoms with Gasteiger partial charge in [0.05, 0.1) is 17.8 Å². The molecule has 1 aliphatic heterocycles. The van der Waals surface area contributed by atoms with E-state index in [0.717, 1.165) is 0 Å². The zero-order valence-electron chi connectivity index (χ0n) is 11.0. The maximum atomic E-state index is 12.6. The largest absolute Gasteiger partial charge is 0.480 e. The number of nitrogens with one attached hydrogen (secondary N) is 1. The van der Waals surface area contributed by atoms with Gasteiger partial charge in [-0.25, -0.2) is 9.78 Å². The van der Waals surface area contributed by atoms with E-state index in [1.54, 1.807) is 6.92 Å². The highest BCUT2D eigenvalue weighted by Gasteiger charge is 2.37. The summed E-state index contributed by atoms with van der Waals surface area (Å²) in [6.07, 6.45) is 1.19. The number of carboxylic acid groups (broad SMARTS) is 1. The van der Waals surface area contributed by atoms with Crippen LogP contribution in [0, 0.1) is 6.92 Å². The molecule has 2 aromatic heterocycles. The van der Waals surface area contributed by atoms with Crippen molar-refractivity contribution >= 4 is 34.7 Å². The molecule has 1 atom stereocenters. The van der Waals surface area contributed by atoms with Crippen molar-refractivity contribution in [3.8, 4) is 0 Å². The van der Waals surface area contributed by atoms with E-state index in [1.807, 2.05) is 0 Å². The number of carbonyl (C=O) groups is 2. The topological polar surface area (TPSA) is 117 Å². The first-order valence-electron chi connectivity index (χ1n) is 6.09. The minimum atomic E-state index is -1.06. The number of fused-ring (bicyclic) bond motifs is 1. The van der Waals surface area contributed by atoms with Crippen LogP contribution in [0.25, 0.3) is 11.1 Å². The molecule has 1 fully saturated rings. The molecule has 0 spiro atoms. The highest BCUT2D eigenvalue weighted by molar-refractivity contribution is 7.99. The molecule has 3 heterocycles. The molecule has 110 valence electrons. The van der Waals surface area contributed by atoms with E-state index >= 15 is 0 Å². The fourth-order valence-corrected chi connectivity index (χ4v) is 3.45. The molecular formula is C12H11N3O5S. The Hall–Kier alpha value is -2.29. The third-order valence-electron chi connectivity index (χ3n) is 3.31. The molecule has 0 unspecified atom stereocenters. The van der Waals surface area contributed by atoms with Crippen LogP contribution < -0.4 is 5.56 Å². The van der Waals surface area contributed by atoms with Crippen molar-refractivity contribution in [2.75, 3.05) is 11.6 Å². The van der Waals surface area contributed by atoms with Gasteiger partial charge in [-0.3, -0.25) is 9.59 Å². The number of nitrogens with zero attached hydrogens (tertiary/aromatic N) is 2. The van der Waals surface area contributed by atoms with E-state index in [0.29, 0.717) is 5.75 Å². The normalized spacial score (nSPS) is 18.3. The number of aliphatic carboxylic acids is 1. The van der Waals surface area contributed by atoms with E-state index in [9.17, 15) is 14.4 Å². The number of H-pyrrole nitrogens is 1. The number of aryl methyl sites for hydroxylation is 1. The van der Waals surface area contributed by atoms with Gasteiger partial charge in [-0.2, -0.15) is 0 Å². The smallest absolute Gasteiger partial charge is 0.327 e. The van der Waals surface area contributed by atoms with Gasteiger partial charge in [-0.05, 0) is 6.92 Å². The molecule has 0 bridgehead atoms. The zero-order valence-corrected chi connectivity index (χ0v) is 11.8. The third-order valence-corrected chi connectivity index (χ3v) is 4.32. The molecule has 2 aromatic rings. The van der Waals surface area contributed by atoms with Crippen LogP contribution in [-0.4, -0.2) is 49.5 Å². The van der Waals surface area contributed by atoms with Crippen molar-refractivity contribution in [1.29, 1.82) is 0 Å². The number of amides is 1. The quantitative estimate of drug-likeness (QED) is 0.825. The first kappa shape index (κ1) is 13.7. The Balaban J connectivity index is 2.12. The lowest BCUT2D eigenvalue weighted by molar-refractivity contribution is -0.140. The van der Waals surface area contributed by atoms with Crippen LogP contribution in [0.4, 0.5) is 0 Å². The summed E-state index contributed by atoms with van der Waals surface area (Å²) in [5.41, 5.74) is -0.342. The summed E-state index contributed by atoms with van der Waals surface area (Å²) >= 11 is 1.35. The van der Waals surface area contributed by atoms with Crippen molar-refractivity contribution in [2.24, 2.45) is 0 Å². The van der Waals surface area contributed by atoms with Gasteiger partial charge in [0.25, 0.3) is 11.5 Å². The summed E-state index contributed by atoms with van der Waals surface area (Å²) in [5.74, 6) is -0.752. The second-order valence-electron chi connectivity index (χ2n) is 4.57. The lowest BCUT2D eigenvalue weighted by atomic mass is 10.1. The van der Waals surface area contributed by atoms with Crippen LogP contribution in [0.1, 0.15) is 16.1 Å². The Morgan fingerprint density at radius 2 is 2.33 bits per heavy atom. The van der Waals surface area contributed by atoms with Crippen molar-refractivity contribution in [1.82, 2.24) is 14.9 Å². The van der Waals surface area contributed by atoms with Crippen LogP contribution in [0.5, 0.6) is 0 Å². The van der Waals surface area contributed by atoms with Crippen LogP contribution in [0.2, 0.25) is 0 Å². The van der Waals surface area contributed by atoms with Gasteiger partial charge in [0.2, 0.25) is 5.71 Å². The monoisotopic (exact) mass is 309 g/mol. The average Bonchev–Trinajstić information content (AvgIpc) is 3.02. The van der Waals surface area contributed by atoms with Crippen molar-refractivity contribution in [2.45, 2.75) is 13.0 Å². The van der Waals surface area contributed by atoms with E-state index < -0.39 is 23.5 Å². The van der Waals surface area contributed by atoms with E-state index in [1.165, 1.54) is 23.0 Å². The van der Waals surface area contributed by atoms with Gasteiger partial charge in [0, 0.05) is 5.75 Å². The Labute approximate surface area is 122 Å². The molecule has 1 amide bonds. The number of hydrogen-bond donors (Lipinski definition) is 2. The molecule has 0 aromatic carbocycles. The summed E-state index contributed by atoms with van der Waals surface area (Å²) < 4.78 is 5.32. The number of thioether (sulfide) groups is 1. The van der Waals surface area contributed by atoms with E-state index in [-0.39, 0.29) is 28.3 Å². The summed E-state index contributed by atoms with van der Waals surface area (Å²) in [4.78, 5) is 43.2. The molecule has 3 rings (SSSR count). The summed E-state index contributed by atoms with van der Waals surface area (Å²) in [7, 11) is 0. The van der Waals surface area contributed by atoms with Gasteiger partial charge in [0.15, 0.2) is 0 Å². The number of aromatic amines is 1. The second-order valence-corrected chi connectivity index (χ2v) is 5.57. The molecule has 0 radical (unpaired) electrons. The number of hydrogen-bond acceptors (Lipinski definition) is 6. The SMILES string of the molecule is Cc1oc2nc[nH]c(=O)c2c1C(=O)N1CSC[C@H]1C(=O)O. The van der Waals surface area contributed by atoms with Crippen molar-refractivity contribution in [3.05, 3.63) is 28.0 Å². The molecule has 1 saturated heterocycles. The lowest BCUT2D eigenvalue weighted by Crippen LogP contribution is -2.42. The number of furan rings is 1. The highest BCUT2D eigenvalue weighted by Crippen LogP contribution is 2.27. The number of carboxylic acids is 1.